The first kappa shape index (κ1) is 14.1. The number of ether oxygens (including phenoxy) is 1. The number of hydrogen-bond acceptors (Lipinski definition) is 4. The molecular weight excluding hydrogens is 280 g/mol. The van der Waals surface area contributed by atoms with E-state index in [-0.39, 0.29) is 10.7 Å². The molecule has 0 fully saturated rings. The molecule has 0 aliphatic carbocycles. The number of anilines is 1. The second-order valence-electron chi connectivity index (χ2n) is 4.10. The summed E-state index contributed by atoms with van der Waals surface area (Å²) in [4.78, 5) is 10.6. The highest BCUT2D eigenvalue weighted by Crippen LogP contribution is 2.35. The zero-order valence-electron chi connectivity index (χ0n) is 10.8. The van der Waals surface area contributed by atoms with Gasteiger partial charge in [0.15, 0.2) is 0 Å². The number of benzene rings is 2. The minimum absolute atomic E-state index is 0.0771. The fourth-order valence-corrected chi connectivity index (χ4v) is 2.02. The lowest BCUT2D eigenvalue weighted by Crippen LogP contribution is -2.03. The third-order valence-corrected chi connectivity index (χ3v) is 3.09. The summed E-state index contributed by atoms with van der Waals surface area (Å²) in [5.41, 5.74) is 1.32. The van der Waals surface area contributed by atoms with Crippen molar-refractivity contribution < 1.29 is 9.66 Å². The highest BCUT2D eigenvalue weighted by atomic mass is 35.5. The predicted molar refractivity (Wildman–Crippen MR) is 78.4 cm³/mol. The SMILES string of the molecule is COc1cc(NCc2ccccc2)c([N+](=O)[O-])cc1Cl. The van der Waals surface area contributed by atoms with Gasteiger partial charge in [0.05, 0.1) is 17.1 Å². The van der Waals surface area contributed by atoms with Crippen molar-refractivity contribution in [1.82, 2.24) is 0 Å². The van der Waals surface area contributed by atoms with Crippen LogP contribution < -0.4 is 10.1 Å². The Kier molecular flexibility index (Phi) is 4.42. The first-order chi connectivity index (χ1) is 9.61. The Hall–Kier alpha value is -2.27. The van der Waals surface area contributed by atoms with E-state index < -0.39 is 4.92 Å². The van der Waals surface area contributed by atoms with Gasteiger partial charge in [0.25, 0.3) is 5.69 Å². The van der Waals surface area contributed by atoms with Gasteiger partial charge in [-0.2, -0.15) is 0 Å². The van der Waals surface area contributed by atoms with E-state index >= 15 is 0 Å². The molecule has 2 aromatic rings. The van der Waals surface area contributed by atoms with Crippen molar-refractivity contribution >= 4 is 23.0 Å². The number of nitro groups is 1. The molecular formula is C14H13ClN2O3. The fraction of sp³-hybridized carbons (Fsp3) is 0.143. The summed E-state index contributed by atoms with van der Waals surface area (Å²) >= 11 is 5.91. The van der Waals surface area contributed by atoms with Crippen molar-refractivity contribution in [2.24, 2.45) is 0 Å². The lowest BCUT2D eigenvalue weighted by Gasteiger charge is -2.10. The smallest absolute Gasteiger partial charge is 0.294 e. The average Bonchev–Trinajstić information content (AvgIpc) is 2.46. The number of nitrogens with zero attached hydrogens (tertiary/aromatic N) is 1. The molecule has 0 saturated heterocycles. The van der Waals surface area contributed by atoms with Gasteiger partial charge in [-0.15, -0.1) is 0 Å². The molecule has 0 atom stereocenters. The minimum Gasteiger partial charge on any atom is -0.495 e. The van der Waals surface area contributed by atoms with E-state index in [0.29, 0.717) is 18.0 Å². The van der Waals surface area contributed by atoms with E-state index in [1.54, 1.807) is 0 Å². The summed E-state index contributed by atoms with van der Waals surface area (Å²) in [6.07, 6.45) is 0. The van der Waals surface area contributed by atoms with Crippen molar-refractivity contribution in [2.45, 2.75) is 6.54 Å². The molecule has 0 unspecified atom stereocenters. The van der Waals surface area contributed by atoms with Crippen LogP contribution in [0.15, 0.2) is 42.5 Å². The van der Waals surface area contributed by atoms with Crippen LogP contribution in [0.25, 0.3) is 0 Å². The first-order valence-electron chi connectivity index (χ1n) is 5.91. The molecule has 0 heterocycles. The Morgan fingerprint density at radius 2 is 2.00 bits per heavy atom. The maximum Gasteiger partial charge on any atom is 0.294 e. The van der Waals surface area contributed by atoms with Crippen LogP contribution in [-0.2, 0) is 6.54 Å². The highest BCUT2D eigenvalue weighted by Gasteiger charge is 2.17. The molecule has 0 aliphatic heterocycles. The fourth-order valence-electron chi connectivity index (χ4n) is 1.79. The summed E-state index contributed by atoms with van der Waals surface area (Å²) < 4.78 is 5.08. The van der Waals surface area contributed by atoms with Crippen molar-refractivity contribution in [2.75, 3.05) is 12.4 Å². The largest absolute Gasteiger partial charge is 0.495 e. The van der Waals surface area contributed by atoms with Gasteiger partial charge in [0, 0.05) is 18.7 Å². The van der Waals surface area contributed by atoms with Crippen LogP contribution in [0.3, 0.4) is 0 Å². The molecule has 104 valence electrons. The summed E-state index contributed by atoms with van der Waals surface area (Å²) in [6, 6.07) is 12.4. The Bertz CT molecular complexity index is 617. The summed E-state index contributed by atoms with van der Waals surface area (Å²) in [7, 11) is 1.47. The molecule has 0 radical (unpaired) electrons. The van der Waals surface area contributed by atoms with Crippen LogP contribution >= 0.6 is 11.6 Å². The predicted octanol–water partition coefficient (Wildman–Crippen LogP) is 3.87. The van der Waals surface area contributed by atoms with Crippen LogP contribution in [0, 0.1) is 10.1 Å². The Morgan fingerprint density at radius 3 is 2.60 bits per heavy atom. The van der Waals surface area contributed by atoms with Gasteiger partial charge in [-0.3, -0.25) is 10.1 Å². The Labute approximate surface area is 121 Å². The van der Waals surface area contributed by atoms with Crippen LogP contribution in [0.4, 0.5) is 11.4 Å². The highest BCUT2D eigenvalue weighted by molar-refractivity contribution is 6.32. The van der Waals surface area contributed by atoms with E-state index in [2.05, 4.69) is 5.32 Å². The van der Waals surface area contributed by atoms with E-state index in [0.717, 1.165) is 5.56 Å². The number of rotatable bonds is 5. The normalized spacial score (nSPS) is 10.1. The van der Waals surface area contributed by atoms with E-state index in [9.17, 15) is 10.1 Å². The summed E-state index contributed by atoms with van der Waals surface area (Å²) in [5.74, 6) is 0.396. The molecule has 6 heteroatoms. The van der Waals surface area contributed by atoms with E-state index in [4.69, 9.17) is 16.3 Å². The Morgan fingerprint density at radius 1 is 1.30 bits per heavy atom. The molecule has 5 nitrogen and oxygen atoms in total. The zero-order chi connectivity index (χ0) is 14.5. The van der Waals surface area contributed by atoms with Gasteiger partial charge in [0.2, 0.25) is 0 Å². The van der Waals surface area contributed by atoms with Crippen molar-refractivity contribution in [3.63, 3.8) is 0 Å². The molecule has 0 amide bonds. The number of halogens is 1. The molecule has 1 N–H and O–H groups in total. The maximum atomic E-state index is 11.1. The molecule has 0 aliphatic rings. The van der Waals surface area contributed by atoms with Gasteiger partial charge >= 0.3 is 0 Å². The molecule has 0 spiro atoms. The van der Waals surface area contributed by atoms with Crippen LogP contribution in [0.1, 0.15) is 5.56 Å². The maximum absolute atomic E-state index is 11.1. The van der Waals surface area contributed by atoms with E-state index in [1.165, 1.54) is 19.2 Å². The Balaban J connectivity index is 2.27. The quantitative estimate of drug-likeness (QED) is 0.671. The van der Waals surface area contributed by atoms with Gasteiger partial charge < -0.3 is 10.1 Å². The molecule has 2 rings (SSSR count). The number of nitrogens with one attached hydrogen (secondary N) is 1. The summed E-state index contributed by atoms with van der Waals surface area (Å²) in [6.45, 7) is 0.479. The lowest BCUT2D eigenvalue weighted by molar-refractivity contribution is -0.384. The van der Waals surface area contributed by atoms with E-state index in [1.807, 2.05) is 30.3 Å². The van der Waals surface area contributed by atoms with Gasteiger partial charge in [0.1, 0.15) is 11.4 Å². The number of hydrogen-bond donors (Lipinski definition) is 1. The van der Waals surface area contributed by atoms with Gasteiger partial charge in [-0.25, -0.2) is 0 Å². The second kappa shape index (κ2) is 6.25. The minimum atomic E-state index is -0.474. The standard InChI is InChI=1S/C14H13ClN2O3/c1-20-14-8-12(13(17(18)19)7-11(14)15)16-9-10-5-3-2-4-6-10/h2-8,16H,9H2,1H3. The van der Waals surface area contributed by atoms with Crippen molar-refractivity contribution in [3.05, 3.63) is 63.2 Å². The topological polar surface area (TPSA) is 64.4 Å². The number of methoxy groups -OCH3 is 1. The van der Waals surface area contributed by atoms with Crippen molar-refractivity contribution in [1.29, 1.82) is 0 Å². The van der Waals surface area contributed by atoms with Gasteiger partial charge in [-0.05, 0) is 5.56 Å². The molecule has 0 aromatic heterocycles. The molecule has 2 aromatic carbocycles. The lowest BCUT2D eigenvalue weighted by atomic mass is 10.2. The summed E-state index contributed by atoms with van der Waals surface area (Å²) in [5, 5.41) is 14.3. The molecule has 0 saturated carbocycles. The first-order valence-corrected chi connectivity index (χ1v) is 6.29. The molecule has 0 bridgehead atoms. The van der Waals surface area contributed by atoms with Gasteiger partial charge in [-0.1, -0.05) is 41.9 Å². The third kappa shape index (κ3) is 3.19. The van der Waals surface area contributed by atoms with Crippen LogP contribution in [0.2, 0.25) is 5.02 Å². The zero-order valence-corrected chi connectivity index (χ0v) is 11.6. The molecule has 20 heavy (non-hydrogen) atoms. The van der Waals surface area contributed by atoms with Crippen molar-refractivity contribution in [3.8, 4) is 5.75 Å². The average molecular weight is 293 g/mol. The van der Waals surface area contributed by atoms with Crippen LogP contribution in [0.5, 0.6) is 5.75 Å². The monoisotopic (exact) mass is 292 g/mol. The number of nitro benzene ring substituents is 1. The second-order valence-corrected chi connectivity index (χ2v) is 4.51. The van der Waals surface area contributed by atoms with Crippen LogP contribution in [-0.4, -0.2) is 12.0 Å². The third-order valence-electron chi connectivity index (χ3n) is 2.79.